The number of anilines is 3. The summed E-state index contributed by atoms with van der Waals surface area (Å²) >= 11 is 0. The van der Waals surface area contributed by atoms with Crippen LogP contribution in [0.15, 0.2) is 53.4 Å². The summed E-state index contributed by atoms with van der Waals surface area (Å²) in [5.74, 6) is 0.476. The molecule has 32 heavy (non-hydrogen) atoms. The van der Waals surface area contributed by atoms with E-state index in [1.165, 1.54) is 28.3 Å². The molecule has 164 valence electrons. The van der Waals surface area contributed by atoms with Gasteiger partial charge in [0.2, 0.25) is 0 Å². The molecule has 10 nitrogen and oxygen atoms in total. The van der Waals surface area contributed by atoms with Crippen LogP contribution in [0.5, 0.6) is 0 Å². The molecule has 0 unspecified atom stereocenters. The Labute approximate surface area is 181 Å². The number of nitrogens with zero attached hydrogens (tertiary/aromatic N) is 4. The van der Waals surface area contributed by atoms with Crippen molar-refractivity contribution in [2.75, 3.05) is 41.4 Å². The number of halogens is 1. The highest BCUT2D eigenvalue weighted by molar-refractivity contribution is 5.90. The second kappa shape index (κ2) is 8.17. The summed E-state index contributed by atoms with van der Waals surface area (Å²) in [6.07, 6.45) is 1.51. The monoisotopic (exact) mass is 439 g/mol. The van der Waals surface area contributed by atoms with Crippen LogP contribution in [0.25, 0.3) is 11.1 Å². The van der Waals surface area contributed by atoms with Gasteiger partial charge in [-0.2, -0.15) is 0 Å². The summed E-state index contributed by atoms with van der Waals surface area (Å²) in [4.78, 5) is 31.0. The zero-order chi connectivity index (χ0) is 22.1. The maximum absolute atomic E-state index is 14.9. The molecule has 1 N–H and O–H groups in total. The fourth-order valence-electron chi connectivity index (χ4n) is 3.57. The predicted molar refractivity (Wildman–Crippen MR) is 111 cm³/mol. The van der Waals surface area contributed by atoms with Gasteiger partial charge >= 0.3 is 12.2 Å². The maximum Gasteiger partial charge on any atom is 0.415 e. The molecule has 2 fully saturated rings. The van der Waals surface area contributed by atoms with Crippen molar-refractivity contribution >= 4 is 29.5 Å². The molecular formula is C21H18FN5O5. The van der Waals surface area contributed by atoms with Crippen LogP contribution >= 0.6 is 0 Å². The van der Waals surface area contributed by atoms with Crippen molar-refractivity contribution in [2.45, 2.75) is 6.10 Å². The van der Waals surface area contributed by atoms with Crippen LogP contribution in [0.1, 0.15) is 0 Å². The first-order valence-electron chi connectivity index (χ1n) is 9.91. The Balaban J connectivity index is 1.28. The molecule has 2 aromatic heterocycles. The fraction of sp³-hybridized carbons (Fsp3) is 0.238. The Bertz CT molecular complexity index is 1140. The van der Waals surface area contributed by atoms with E-state index in [1.807, 2.05) is 0 Å². The van der Waals surface area contributed by atoms with Crippen LogP contribution in [0.3, 0.4) is 0 Å². The van der Waals surface area contributed by atoms with Crippen LogP contribution in [0, 0.1) is 5.82 Å². The van der Waals surface area contributed by atoms with E-state index in [2.05, 4.69) is 15.5 Å². The zero-order valence-corrected chi connectivity index (χ0v) is 16.7. The summed E-state index contributed by atoms with van der Waals surface area (Å²) < 4.78 is 29.9. The summed E-state index contributed by atoms with van der Waals surface area (Å²) in [7, 11) is 0. The molecule has 2 amide bonds. The number of hydrogen-bond acceptors (Lipinski definition) is 8. The quantitative estimate of drug-likeness (QED) is 0.623. The lowest BCUT2D eigenvalue weighted by Gasteiger charge is -2.15. The second-order valence-corrected chi connectivity index (χ2v) is 7.22. The lowest BCUT2D eigenvalue weighted by atomic mass is 10.1. The van der Waals surface area contributed by atoms with Crippen LogP contribution in [0.2, 0.25) is 0 Å². The number of rotatable bonds is 6. The number of hydrogen-bond donors (Lipinski definition) is 1. The molecule has 1 atom stereocenters. The summed E-state index contributed by atoms with van der Waals surface area (Å²) in [5.41, 5.74) is 1.27. The molecule has 0 saturated carbocycles. The van der Waals surface area contributed by atoms with Gasteiger partial charge in [-0.25, -0.2) is 19.0 Å². The Morgan fingerprint density at radius 2 is 2.03 bits per heavy atom. The molecule has 0 radical (unpaired) electrons. The number of ether oxygens (including phenoxy) is 2. The smallest absolute Gasteiger partial charge is 0.415 e. The third-order valence-electron chi connectivity index (χ3n) is 5.18. The van der Waals surface area contributed by atoms with Crippen molar-refractivity contribution in [3.05, 3.63) is 54.7 Å². The molecule has 5 rings (SSSR count). The molecule has 2 saturated heterocycles. The van der Waals surface area contributed by atoms with Crippen LogP contribution in [0.4, 0.5) is 31.3 Å². The van der Waals surface area contributed by atoms with Crippen LogP contribution < -0.4 is 15.1 Å². The maximum atomic E-state index is 14.9. The Morgan fingerprint density at radius 3 is 2.72 bits per heavy atom. The van der Waals surface area contributed by atoms with Gasteiger partial charge in [0.05, 0.1) is 25.3 Å². The van der Waals surface area contributed by atoms with Crippen molar-refractivity contribution in [1.82, 2.24) is 10.1 Å². The minimum absolute atomic E-state index is 0.269. The highest BCUT2D eigenvalue weighted by atomic mass is 19.1. The molecular weight excluding hydrogens is 421 g/mol. The zero-order valence-electron chi connectivity index (χ0n) is 16.7. The topological polar surface area (TPSA) is 110 Å². The van der Waals surface area contributed by atoms with Gasteiger partial charge in [0.25, 0.3) is 0 Å². The number of carbonyl (C=O) groups is 2. The minimum atomic E-state index is -0.548. The van der Waals surface area contributed by atoms with E-state index in [0.717, 1.165) is 0 Å². The highest BCUT2D eigenvalue weighted by Gasteiger charge is 2.33. The van der Waals surface area contributed by atoms with E-state index >= 15 is 0 Å². The molecule has 2 aliphatic heterocycles. The summed E-state index contributed by atoms with van der Waals surface area (Å²) in [6.45, 7) is 1.35. The number of carbonyl (C=O) groups excluding carboxylic acids is 2. The van der Waals surface area contributed by atoms with Crippen molar-refractivity contribution in [3.8, 4) is 11.1 Å². The molecule has 0 aliphatic carbocycles. The van der Waals surface area contributed by atoms with Gasteiger partial charge < -0.3 is 19.3 Å². The predicted octanol–water partition coefficient (Wildman–Crippen LogP) is 3.27. The summed E-state index contributed by atoms with van der Waals surface area (Å²) in [6, 6.07) is 9.50. The highest BCUT2D eigenvalue weighted by Crippen LogP contribution is 2.30. The standard InChI is InChI=1S/C21H18FN5O5/c22-17-9-14(27-12-15(32-21(27)29)11-23-18-5-7-31-25-18)2-3-16(17)13-1-4-19(24-10-13)26-6-8-30-20(26)28/h1-5,7,9-10,15H,6,8,11-12H2,(H,23,25)/t15-/m0/s1. The SMILES string of the molecule is O=C1O[C@@H](CNc2ccon2)CN1c1ccc(-c2ccc(N3CCOC3=O)nc2)c(F)c1. The Morgan fingerprint density at radius 1 is 1.12 bits per heavy atom. The molecule has 4 heterocycles. The lowest BCUT2D eigenvalue weighted by Crippen LogP contribution is -2.27. The van der Waals surface area contributed by atoms with Gasteiger partial charge in [-0.1, -0.05) is 5.16 Å². The van der Waals surface area contributed by atoms with E-state index in [1.54, 1.807) is 30.3 Å². The molecule has 3 aromatic rings. The molecule has 2 aliphatic rings. The normalized spacial score (nSPS) is 18.1. The first kappa shape index (κ1) is 19.8. The van der Waals surface area contributed by atoms with Crippen LogP contribution in [-0.2, 0) is 9.47 Å². The molecule has 0 bridgehead atoms. The summed E-state index contributed by atoms with van der Waals surface area (Å²) in [5, 5.41) is 6.74. The van der Waals surface area contributed by atoms with Crippen molar-refractivity contribution in [2.24, 2.45) is 0 Å². The number of cyclic esters (lactones) is 2. The van der Waals surface area contributed by atoms with Crippen molar-refractivity contribution in [3.63, 3.8) is 0 Å². The number of benzene rings is 1. The van der Waals surface area contributed by atoms with Gasteiger partial charge in [-0.05, 0) is 30.3 Å². The van der Waals surface area contributed by atoms with Gasteiger partial charge in [0.15, 0.2) is 5.82 Å². The lowest BCUT2D eigenvalue weighted by molar-refractivity contribution is 0.147. The first-order chi connectivity index (χ1) is 15.6. The largest absolute Gasteiger partial charge is 0.447 e. The first-order valence-corrected chi connectivity index (χ1v) is 9.91. The van der Waals surface area contributed by atoms with Crippen molar-refractivity contribution < 1.29 is 28.0 Å². The molecule has 11 heteroatoms. The van der Waals surface area contributed by atoms with E-state index in [4.69, 9.17) is 14.0 Å². The van der Waals surface area contributed by atoms with Gasteiger partial charge in [0, 0.05) is 23.4 Å². The van der Waals surface area contributed by atoms with E-state index in [0.29, 0.717) is 48.1 Å². The van der Waals surface area contributed by atoms with E-state index in [-0.39, 0.29) is 6.54 Å². The number of amides is 2. The van der Waals surface area contributed by atoms with Gasteiger partial charge in [-0.3, -0.25) is 9.80 Å². The van der Waals surface area contributed by atoms with Gasteiger partial charge in [-0.15, -0.1) is 0 Å². The van der Waals surface area contributed by atoms with E-state index in [9.17, 15) is 14.0 Å². The van der Waals surface area contributed by atoms with Crippen LogP contribution in [-0.4, -0.2) is 54.7 Å². The second-order valence-electron chi connectivity index (χ2n) is 7.22. The average molecular weight is 439 g/mol. The number of nitrogens with one attached hydrogen (secondary N) is 1. The van der Waals surface area contributed by atoms with E-state index < -0.39 is 24.1 Å². The van der Waals surface area contributed by atoms with Crippen molar-refractivity contribution in [1.29, 1.82) is 0 Å². The molecule has 1 aromatic carbocycles. The van der Waals surface area contributed by atoms with Gasteiger partial charge in [0.1, 0.15) is 30.6 Å². The Kier molecular flexibility index (Phi) is 5.06. The number of pyridine rings is 1. The average Bonchev–Trinajstić information content (AvgIpc) is 3.54. The Hall–Kier alpha value is -4.15. The fourth-order valence-corrected chi connectivity index (χ4v) is 3.57. The third kappa shape index (κ3) is 3.80. The third-order valence-corrected chi connectivity index (χ3v) is 5.18. The number of aromatic nitrogens is 2. The minimum Gasteiger partial charge on any atom is -0.447 e. The molecule has 0 spiro atoms.